The molecular formula is C24H28O3S. The molecule has 0 aliphatic rings. The van der Waals surface area contributed by atoms with Gasteiger partial charge in [0.15, 0.2) is 5.43 Å². The van der Waals surface area contributed by atoms with Crippen LogP contribution < -0.4 is 5.43 Å². The van der Waals surface area contributed by atoms with E-state index < -0.39 is 5.97 Å². The fourth-order valence-electron chi connectivity index (χ4n) is 3.84. The molecule has 0 fully saturated rings. The van der Waals surface area contributed by atoms with Crippen LogP contribution in [0.1, 0.15) is 74.2 Å². The molecule has 148 valence electrons. The van der Waals surface area contributed by atoms with Gasteiger partial charge in [0.25, 0.3) is 0 Å². The second-order valence-corrected chi connectivity index (χ2v) is 8.51. The van der Waals surface area contributed by atoms with Gasteiger partial charge in [0.1, 0.15) is 0 Å². The third-order valence-electron chi connectivity index (χ3n) is 5.35. The number of rotatable bonds is 10. The summed E-state index contributed by atoms with van der Waals surface area (Å²) in [6.07, 6.45) is 10.4. The molecular weight excluding hydrogens is 368 g/mol. The average molecular weight is 397 g/mol. The highest BCUT2D eigenvalue weighted by atomic mass is 32.1. The SMILES string of the molecule is CCCCCCCCCCc1ccc2sc3ccccc3c(=O)c2c1C(=O)O. The summed E-state index contributed by atoms with van der Waals surface area (Å²) in [5.74, 6) is -1.00. The minimum Gasteiger partial charge on any atom is -0.478 e. The summed E-state index contributed by atoms with van der Waals surface area (Å²) < 4.78 is 1.65. The average Bonchev–Trinajstić information content (AvgIpc) is 2.70. The van der Waals surface area contributed by atoms with E-state index in [9.17, 15) is 14.7 Å². The summed E-state index contributed by atoms with van der Waals surface area (Å²) in [4.78, 5) is 25.0. The Bertz CT molecular complexity index is 1020. The maximum atomic E-state index is 13.0. The van der Waals surface area contributed by atoms with Crippen molar-refractivity contribution in [3.8, 4) is 0 Å². The Morgan fingerprint density at radius 3 is 2.29 bits per heavy atom. The van der Waals surface area contributed by atoms with E-state index >= 15 is 0 Å². The van der Waals surface area contributed by atoms with Crippen molar-refractivity contribution in [1.29, 1.82) is 0 Å². The molecule has 3 rings (SSSR count). The number of hydrogen-bond acceptors (Lipinski definition) is 3. The predicted molar refractivity (Wildman–Crippen MR) is 119 cm³/mol. The van der Waals surface area contributed by atoms with E-state index in [-0.39, 0.29) is 11.0 Å². The number of aromatic carboxylic acids is 1. The molecule has 0 spiro atoms. The topological polar surface area (TPSA) is 54.4 Å². The quantitative estimate of drug-likeness (QED) is 0.303. The Morgan fingerprint density at radius 1 is 0.893 bits per heavy atom. The largest absolute Gasteiger partial charge is 0.478 e. The molecule has 0 amide bonds. The summed E-state index contributed by atoms with van der Waals surface area (Å²) in [6, 6.07) is 11.2. The Morgan fingerprint density at radius 2 is 1.57 bits per heavy atom. The molecule has 3 aromatic rings. The number of carboxylic acid groups (broad SMARTS) is 1. The number of unbranched alkanes of at least 4 members (excludes halogenated alkanes) is 7. The zero-order chi connectivity index (χ0) is 19.9. The van der Waals surface area contributed by atoms with Gasteiger partial charge >= 0.3 is 5.97 Å². The van der Waals surface area contributed by atoms with Crippen LogP contribution >= 0.6 is 11.3 Å². The van der Waals surface area contributed by atoms with Crippen LogP contribution in [0.25, 0.3) is 20.2 Å². The van der Waals surface area contributed by atoms with Crippen molar-refractivity contribution >= 4 is 37.5 Å². The highest BCUT2D eigenvalue weighted by molar-refractivity contribution is 7.24. The van der Waals surface area contributed by atoms with Crippen molar-refractivity contribution in [3.63, 3.8) is 0 Å². The number of carbonyl (C=O) groups is 1. The van der Waals surface area contributed by atoms with E-state index in [4.69, 9.17) is 0 Å². The molecule has 1 aromatic heterocycles. The molecule has 0 bridgehead atoms. The Kier molecular flexibility index (Phi) is 7.21. The van der Waals surface area contributed by atoms with Gasteiger partial charge in [-0.15, -0.1) is 11.3 Å². The van der Waals surface area contributed by atoms with Gasteiger partial charge in [-0.2, -0.15) is 0 Å². The summed E-state index contributed by atoms with van der Waals surface area (Å²) in [5.41, 5.74) is 0.817. The third kappa shape index (κ3) is 4.61. The molecule has 0 saturated heterocycles. The van der Waals surface area contributed by atoms with Gasteiger partial charge in [-0.25, -0.2) is 4.79 Å². The van der Waals surface area contributed by atoms with E-state index in [0.717, 1.165) is 27.8 Å². The molecule has 2 aromatic carbocycles. The number of carboxylic acids is 1. The fraction of sp³-hybridized carbons (Fsp3) is 0.417. The summed E-state index contributed by atoms with van der Waals surface area (Å²) in [6.45, 7) is 2.22. The molecule has 0 saturated carbocycles. The van der Waals surface area contributed by atoms with Crippen LogP contribution in [0, 0.1) is 0 Å². The summed E-state index contributed by atoms with van der Waals surface area (Å²) >= 11 is 1.48. The summed E-state index contributed by atoms with van der Waals surface area (Å²) in [7, 11) is 0. The van der Waals surface area contributed by atoms with Crippen molar-refractivity contribution < 1.29 is 9.90 Å². The van der Waals surface area contributed by atoms with Gasteiger partial charge in [0.2, 0.25) is 0 Å². The van der Waals surface area contributed by atoms with Gasteiger partial charge in [-0.1, -0.05) is 70.1 Å². The first-order valence-corrected chi connectivity index (χ1v) is 11.2. The standard InChI is InChI=1S/C24H28O3S/c1-2-3-4-5-6-7-8-9-12-17-15-16-20-22(21(17)24(26)27)23(25)18-13-10-11-14-19(18)28-20/h10-11,13-16H,2-9,12H2,1H3,(H,26,27). The van der Waals surface area contributed by atoms with E-state index in [1.54, 1.807) is 6.07 Å². The van der Waals surface area contributed by atoms with Crippen molar-refractivity contribution in [3.05, 3.63) is 57.7 Å². The minimum absolute atomic E-state index is 0.167. The highest BCUT2D eigenvalue weighted by Gasteiger charge is 2.18. The maximum Gasteiger partial charge on any atom is 0.336 e. The van der Waals surface area contributed by atoms with E-state index in [2.05, 4.69) is 6.92 Å². The maximum absolute atomic E-state index is 13.0. The lowest BCUT2D eigenvalue weighted by Crippen LogP contribution is -2.11. The molecule has 1 N–H and O–H groups in total. The second-order valence-electron chi connectivity index (χ2n) is 7.43. The van der Waals surface area contributed by atoms with Gasteiger partial charge in [-0.3, -0.25) is 4.79 Å². The Hall–Kier alpha value is -2.20. The van der Waals surface area contributed by atoms with Crippen LogP contribution in [0.2, 0.25) is 0 Å². The fourth-order valence-corrected chi connectivity index (χ4v) is 4.92. The molecule has 0 atom stereocenters. The third-order valence-corrected chi connectivity index (χ3v) is 6.48. The van der Waals surface area contributed by atoms with Crippen LogP contribution in [-0.4, -0.2) is 11.1 Å². The molecule has 0 unspecified atom stereocenters. The first-order chi connectivity index (χ1) is 13.6. The zero-order valence-electron chi connectivity index (χ0n) is 16.5. The lowest BCUT2D eigenvalue weighted by Gasteiger charge is -2.10. The van der Waals surface area contributed by atoms with Gasteiger partial charge < -0.3 is 5.11 Å². The van der Waals surface area contributed by atoms with Crippen molar-refractivity contribution in [2.75, 3.05) is 0 Å². The van der Waals surface area contributed by atoms with Gasteiger partial charge in [-0.05, 0) is 36.6 Å². The molecule has 4 heteroatoms. The van der Waals surface area contributed by atoms with E-state index in [1.807, 2.05) is 30.3 Å². The normalized spacial score (nSPS) is 11.3. The van der Waals surface area contributed by atoms with Crippen molar-refractivity contribution in [1.82, 2.24) is 0 Å². The zero-order valence-corrected chi connectivity index (χ0v) is 17.3. The summed E-state index contributed by atoms with van der Waals surface area (Å²) in [5, 5.41) is 10.8. The molecule has 0 radical (unpaired) electrons. The second kappa shape index (κ2) is 9.83. The van der Waals surface area contributed by atoms with E-state index in [1.165, 1.54) is 49.9 Å². The Balaban J connectivity index is 1.80. The van der Waals surface area contributed by atoms with Crippen LogP contribution in [0.4, 0.5) is 0 Å². The lowest BCUT2D eigenvalue weighted by atomic mass is 9.97. The minimum atomic E-state index is -1.00. The van der Waals surface area contributed by atoms with Gasteiger partial charge in [0, 0.05) is 14.8 Å². The lowest BCUT2D eigenvalue weighted by molar-refractivity contribution is 0.0698. The molecule has 3 nitrogen and oxygen atoms in total. The smallest absolute Gasteiger partial charge is 0.336 e. The van der Waals surface area contributed by atoms with Crippen molar-refractivity contribution in [2.24, 2.45) is 0 Å². The van der Waals surface area contributed by atoms with E-state index in [0.29, 0.717) is 17.2 Å². The van der Waals surface area contributed by atoms with Crippen LogP contribution in [0.5, 0.6) is 0 Å². The molecule has 0 aliphatic carbocycles. The highest BCUT2D eigenvalue weighted by Crippen LogP contribution is 2.29. The van der Waals surface area contributed by atoms with Crippen LogP contribution in [0.3, 0.4) is 0 Å². The Labute approximate surface area is 170 Å². The number of fused-ring (bicyclic) bond motifs is 2. The van der Waals surface area contributed by atoms with Crippen LogP contribution in [-0.2, 0) is 6.42 Å². The van der Waals surface area contributed by atoms with Gasteiger partial charge in [0.05, 0.1) is 10.9 Å². The molecule has 28 heavy (non-hydrogen) atoms. The molecule has 0 aliphatic heterocycles. The molecule has 1 heterocycles. The first-order valence-electron chi connectivity index (χ1n) is 10.3. The number of aryl methyl sites for hydroxylation is 1. The predicted octanol–water partition coefficient (Wildman–Crippen LogP) is 6.80. The number of benzene rings is 2. The number of hydrogen-bond donors (Lipinski definition) is 1. The van der Waals surface area contributed by atoms with Crippen molar-refractivity contribution in [2.45, 2.75) is 64.7 Å². The first kappa shape index (κ1) is 20.5. The monoisotopic (exact) mass is 396 g/mol. The van der Waals surface area contributed by atoms with Crippen LogP contribution in [0.15, 0.2) is 41.2 Å².